The van der Waals surface area contributed by atoms with Gasteiger partial charge in [0, 0.05) is 0 Å². The second-order valence-corrected chi connectivity index (χ2v) is 2.89. The van der Waals surface area contributed by atoms with Crippen LogP contribution < -0.4 is 5.73 Å². The van der Waals surface area contributed by atoms with Crippen molar-refractivity contribution in [2.24, 2.45) is 5.73 Å². The van der Waals surface area contributed by atoms with Crippen LogP contribution in [0.5, 0.6) is 0 Å². The fourth-order valence-electron chi connectivity index (χ4n) is 1.19. The Morgan fingerprint density at radius 1 is 1.42 bits per heavy atom. The highest BCUT2D eigenvalue weighted by molar-refractivity contribution is 4.95. The van der Waals surface area contributed by atoms with Crippen LogP contribution in [0.4, 0.5) is 0 Å². The average Bonchev–Trinajstić information content (AvgIpc) is 2.32. The molecule has 5 heteroatoms. The minimum absolute atomic E-state index is 0.318. The summed E-state index contributed by atoms with van der Waals surface area (Å²) in [6.45, 7) is 4.96. The zero-order chi connectivity index (χ0) is 9.30. The van der Waals surface area contributed by atoms with Crippen LogP contribution in [0.15, 0.2) is 0 Å². The largest absolute Gasteiger partial charge is 0.395 e. The topological polar surface area (TPSA) is 95.9 Å². The standard InChI is InChI=1S/C7H13NO4/c1-3-5(10)6(11)7(12-3)4(8)2-9/h1,3-7,9-11H,2,8H2/t3-,4+,5?,6+,7-/m0/s1. The highest BCUT2D eigenvalue weighted by atomic mass is 16.5. The monoisotopic (exact) mass is 175 g/mol. The molecular formula is C7H13NO4. The van der Waals surface area contributed by atoms with Crippen molar-refractivity contribution in [3.63, 3.8) is 0 Å². The van der Waals surface area contributed by atoms with Gasteiger partial charge in [-0.05, 0) is 6.92 Å². The lowest BCUT2D eigenvalue weighted by Gasteiger charge is -2.19. The molecule has 1 saturated heterocycles. The van der Waals surface area contributed by atoms with Gasteiger partial charge in [-0.15, -0.1) is 0 Å². The molecule has 0 amide bonds. The van der Waals surface area contributed by atoms with Gasteiger partial charge >= 0.3 is 0 Å². The van der Waals surface area contributed by atoms with E-state index in [1.807, 2.05) is 0 Å². The molecule has 0 aromatic carbocycles. The van der Waals surface area contributed by atoms with Crippen molar-refractivity contribution in [2.75, 3.05) is 6.61 Å². The molecule has 2 radical (unpaired) electrons. The van der Waals surface area contributed by atoms with E-state index in [1.165, 1.54) is 0 Å². The van der Waals surface area contributed by atoms with Crippen molar-refractivity contribution < 1.29 is 20.1 Å². The van der Waals surface area contributed by atoms with E-state index in [2.05, 4.69) is 0 Å². The highest BCUT2D eigenvalue weighted by Crippen LogP contribution is 2.22. The second-order valence-electron chi connectivity index (χ2n) is 2.89. The van der Waals surface area contributed by atoms with Crippen LogP contribution in [-0.4, -0.2) is 52.4 Å². The quantitative estimate of drug-likeness (QED) is 0.372. The number of ether oxygens (including phenoxy) is 1. The van der Waals surface area contributed by atoms with Crippen LogP contribution >= 0.6 is 0 Å². The van der Waals surface area contributed by atoms with Gasteiger partial charge in [0.2, 0.25) is 0 Å². The molecule has 0 bridgehead atoms. The molecule has 5 N–H and O–H groups in total. The number of aliphatic hydroxyl groups excluding tert-OH is 3. The molecule has 1 unspecified atom stereocenters. The third-order valence-electron chi connectivity index (χ3n) is 1.97. The van der Waals surface area contributed by atoms with Crippen molar-refractivity contribution in [1.82, 2.24) is 0 Å². The van der Waals surface area contributed by atoms with Gasteiger partial charge < -0.3 is 25.8 Å². The van der Waals surface area contributed by atoms with Crippen molar-refractivity contribution in [1.29, 1.82) is 0 Å². The van der Waals surface area contributed by atoms with Crippen LogP contribution in [0.3, 0.4) is 0 Å². The minimum Gasteiger partial charge on any atom is -0.395 e. The third kappa shape index (κ3) is 1.60. The molecule has 5 atom stereocenters. The Morgan fingerprint density at radius 2 is 2.00 bits per heavy atom. The van der Waals surface area contributed by atoms with E-state index >= 15 is 0 Å². The van der Waals surface area contributed by atoms with Gasteiger partial charge in [-0.3, -0.25) is 0 Å². The van der Waals surface area contributed by atoms with Crippen LogP contribution in [-0.2, 0) is 4.74 Å². The summed E-state index contributed by atoms with van der Waals surface area (Å²) in [4.78, 5) is 0. The van der Waals surface area contributed by atoms with E-state index in [-0.39, 0.29) is 6.61 Å². The molecule has 0 spiro atoms. The van der Waals surface area contributed by atoms with Crippen molar-refractivity contribution in [3.8, 4) is 0 Å². The molecule has 0 aliphatic carbocycles. The molecule has 1 aliphatic heterocycles. The van der Waals surface area contributed by atoms with E-state index in [1.54, 1.807) is 0 Å². The van der Waals surface area contributed by atoms with E-state index in [0.29, 0.717) is 0 Å². The first-order valence-corrected chi connectivity index (χ1v) is 3.71. The minimum atomic E-state index is -1.13. The second kappa shape index (κ2) is 3.68. The van der Waals surface area contributed by atoms with Crippen LogP contribution in [0.2, 0.25) is 0 Å². The predicted molar refractivity (Wildman–Crippen MR) is 40.0 cm³/mol. The maximum atomic E-state index is 9.28. The zero-order valence-electron chi connectivity index (χ0n) is 6.50. The Kier molecular flexibility index (Phi) is 3.03. The first-order valence-electron chi connectivity index (χ1n) is 3.71. The molecule has 1 heterocycles. The van der Waals surface area contributed by atoms with Crippen molar-refractivity contribution in [2.45, 2.75) is 30.5 Å². The number of aliphatic hydroxyl groups is 3. The van der Waals surface area contributed by atoms with Gasteiger partial charge in [-0.25, -0.2) is 0 Å². The van der Waals surface area contributed by atoms with Crippen LogP contribution in [0, 0.1) is 6.92 Å². The molecule has 0 aromatic rings. The van der Waals surface area contributed by atoms with Gasteiger partial charge in [-0.1, -0.05) is 0 Å². The summed E-state index contributed by atoms with van der Waals surface area (Å²) in [6.07, 6.45) is -3.97. The van der Waals surface area contributed by atoms with Gasteiger partial charge in [0.15, 0.2) is 0 Å². The Labute approximate surface area is 70.8 Å². The lowest BCUT2D eigenvalue weighted by atomic mass is 10.0. The maximum Gasteiger partial charge on any atom is 0.110 e. The molecule has 1 rings (SSSR count). The molecule has 12 heavy (non-hydrogen) atoms. The average molecular weight is 175 g/mol. The third-order valence-corrected chi connectivity index (χ3v) is 1.97. The van der Waals surface area contributed by atoms with Crippen molar-refractivity contribution >= 4 is 0 Å². The fourth-order valence-corrected chi connectivity index (χ4v) is 1.19. The Balaban J connectivity index is 2.58. The lowest BCUT2D eigenvalue weighted by molar-refractivity contribution is -0.00575. The Bertz CT molecular complexity index is 154. The van der Waals surface area contributed by atoms with Gasteiger partial charge in [0.1, 0.15) is 18.3 Å². The number of nitrogens with two attached hydrogens (primary N) is 1. The van der Waals surface area contributed by atoms with Gasteiger partial charge in [-0.2, -0.15) is 0 Å². The first kappa shape index (κ1) is 9.88. The number of hydrogen-bond acceptors (Lipinski definition) is 5. The Hall–Kier alpha value is -0.200. The van der Waals surface area contributed by atoms with Gasteiger partial charge in [0.25, 0.3) is 0 Å². The number of hydrogen-bond donors (Lipinski definition) is 4. The van der Waals surface area contributed by atoms with Crippen molar-refractivity contribution in [3.05, 3.63) is 6.92 Å². The zero-order valence-corrected chi connectivity index (χ0v) is 6.50. The highest BCUT2D eigenvalue weighted by Gasteiger charge is 2.42. The SMILES string of the molecule is [CH][C@@H]1O[C@@H]([C@H](N)CO)[C@H](O)C1O. The maximum absolute atomic E-state index is 9.28. The smallest absolute Gasteiger partial charge is 0.110 e. The molecular weight excluding hydrogens is 162 g/mol. The molecule has 5 nitrogen and oxygen atoms in total. The summed E-state index contributed by atoms with van der Waals surface area (Å²) in [5, 5.41) is 27.1. The summed E-state index contributed by atoms with van der Waals surface area (Å²) in [5.74, 6) is 0. The van der Waals surface area contributed by atoms with E-state index in [9.17, 15) is 5.11 Å². The molecule has 1 fully saturated rings. The van der Waals surface area contributed by atoms with E-state index < -0.39 is 30.5 Å². The summed E-state index contributed by atoms with van der Waals surface area (Å²) < 4.78 is 4.93. The molecule has 70 valence electrons. The van der Waals surface area contributed by atoms with Crippen LogP contribution in [0.25, 0.3) is 0 Å². The number of rotatable bonds is 2. The van der Waals surface area contributed by atoms with E-state index in [4.69, 9.17) is 27.6 Å². The molecule has 1 aliphatic rings. The normalized spacial score (nSPS) is 44.8. The first-order chi connectivity index (χ1) is 5.57. The van der Waals surface area contributed by atoms with Gasteiger partial charge in [0.05, 0.1) is 18.8 Å². The summed E-state index contributed by atoms with van der Waals surface area (Å²) in [5.41, 5.74) is 5.39. The molecule has 0 saturated carbocycles. The van der Waals surface area contributed by atoms with E-state index in [0.717, 1.165) is 0 Å². The summed E-state index contributed by atoms with van der Waals surface area (Å²) >= 11 is 0. The fraction of sp³-hybridized carbons (Fsp3) is 0.857. The summed E-state index contributed by atoms with van der Waals surface area (Å²) in [7, 11) is 0. The lowest BCUT2D eigenvalue weighted by Crippen LogP contribution is -2.45. The summed E-state index contributed by atoms with van der Waals surface area (Å²) in [6, 6.07) is -0.719. The molecule has 0 aromatic heterocycles. The Morgan fingerprint density at radius 3 is 2.33 bits per heavy atom. The van der Waals surface area contributed by atoms with Crippen LogP contribution in [0.1, 0.15) is 0 Å². The predicted octanol–water partition coefficient (Wildman–Crippen LogP) is -2.49.